The number of benzene rings is 2. The number of rotatable bonds is 14. The number of methoxy groups -OCH3 is 3. The smallest absolute Gasteiger partial charge is 0.303 e. The van der Waals surface area contributed by atoms with Gasteiger partial charge in [-0.25, -0.2) is 13.4 Å². The summed E-state index contributed by atoms with van der Waals surface area (Å²) < 4.78 is 43.3. The van der Waals surface area contributed by atoms with Gasteiger partial charge in [-0.2, -0.15) is 0 Å². The Hall–Kier alpha value is -4.04. The molecule has 0 fully saturated rings. The van der Waals surface area contributed by atoms with Gasteiger partial charge in [0, 0.05) is 41.8 Å². The summed E-state index contributed by atoms with van der Waals surface area (Å²) in [6, 6.07) is 8.44. The third-order valence-electron chi connectivity index (χ3n) is 5.34. The average Bonchev–Trinajstić information content (AvgIpc) is 3.41. The van der Waals surface area contributed by atoms with Crippen LogP contribution in [0.3, 0.4) is 0 Å². The molecule has 0 bridgehead atoms. The number of thiazole rings is 1. The number of sulfonamides is 1. The summed E-state index contributed by atoms with van der Waals surface area (Å²) in [6.07, 6.45) is 1.49. The fraction of sp³-hybridized carbons (Fsp3) is 0.292. The Labute approximate surface area is 224 Å². The summed E-state index contributed by atoms with van der Waals surface area (Å²) >= 11 is 1.16. The van der Waals surface area contributed by atoms with E-state index in [0.717, 1.165) is 11.3 Å². The number of hydrogen-bond acceptors (Lipinski definition) is 10. The molecule has 38 heavy (non-hydrogen) atoms. The maximum Gasteiger partial charge on any atom is 0.303 e. The molecular weight excluding hydrogens is 536 g/mol. The number of carboxylic acid groups (broad SMARTS) is 1. The molecular formula is C24H28N4O8S2. The minimum absolute atomic E-state index is 0.0522. The Morgan fingerprint density at radius 3 is 2.24 bits per heavy atom. The number of hydrogen-bond donors (Lipinski definition) is 4. The first-order valence-electron chi connectivity index (χ1n) is 11.3. The fourth-order valence-electron chi connectivity index (χ4n) is 3.44. The lowest BCUT2D eigenvalue weighted by Crippen LogP contribution is -2.40. The number of carbonyl (C=O) groups is 2. The van der Waals surface area contributed by atoms with Gasteiger partial charge in [-0.1, -0.05) is 0 Å². The number of ether oxygens (including phenoxy) is 3. The third-order valence-corrected chi connectivity index (χ3v) is 7.51. The first kappa shape index (κ1) is 28.5. The zero-order chi connectivity index (χ0) is 27.7. The van der Waals surface area contributed by atoms with E-state index in [1.165, 1.54) is 51.8 Å². The third kappa shape index (κ3) is 7.49. The van der Waals surface area contributed by atoms with Gasteiger partial charge in [0.25, 0.3) is 15.9 Å². The van der Waals surface area contributed by atoms with E-state index in [-0.39, 0.29) is 35.0 Å². The molecule has 0 aliphatic carbocycles. The molecule has 0 radical (unpaired) electrons. The highest BCUT2D eigenvalue weighted by molar-refractivity contribution is 7.93. The van der Waals surface area contributed by atoms with Gasteiger partial charge < -0.3 is 30.0 Å². The van der Waals surface area contributed by atoms with E-state index in [2.05, 4.69) is 20.3 Å². The van der Waals surface area contributed by atoms with Crippen LogP contribution in [0.2, 0.25) is 0 Å². The van der Waals surface area contributed by atoms with Crippen LogP contribution in [0.25, 0.3) is 0 Å². The Balaban J connectivity index is 1.70. The van der Waals surface area contributed by atoms with Gasteiger partial charge in [-0.05, 0) is 42.8 Å². The van der Waals surface area contributed by atoms with Crippen LogP contribution in [-0.2, 0) is 14.8 Å². The van der Waals surface area contributed by atoms with Crippen molar-refractivity contribution in [2.45, 2.75) is 23.8 Å². The maximum absolute atomic E-state index is 13.0. The normalized spacial score (nSPS) is 11.8. The molecule has 204 valence electrons. The van der Waals surface area contributed by atoms with Crippen molar-refractivity contribution < 1.29 is 37.3 Å². The van der Waals surface area contributed by atoms with Gasteiger partial charge in [0.2, 0.25) is 5.75 Å². The number of nitrogens with one attached hydrogen (secondary N) is 3. The van der Waals surface area contributed by atoms with Crippen LogP contribution in [-0.4, -0.2) is 64.3 Å². The molecule has 0 spiro atoms. The number of anilines is 2. The van der Waals surface area contributed by atoms with E-state index in [1.54, 1.807) is 17.5 Å². The fourth-order valence-corrected chi connectivity index (χ4v) is 5.23. The summed E-state index contributed by atoms with van der Waals surface area (Å²) in [4.78, 5) is 28.2. The highest BCUT2D eigenvalue weighted by Gasteiger charge is 2.20. The molecule has 1 amide bonds. The van der Waals surface area contributed by atoms with Crippen LogP contribution in [0, 0.1) is 0 Å². The molecule has 0 aliphatic rings. The molecule has 1 heterocycles. The van der Waals surface area contributed by atoms with E-state index in [1.807, 2.05) is 0 Å². The standard InChI is InChI=1S/C24H28N4O8S2/c1-34-19-12-15(13-20(35-2)22(19)36-3)23(31)27-17(6-9-21(29)30)14-26-16-4-7-18(8-5-16)38(32,33)28-24-25-10-11-37-24/h4-5,7-8,10-13,17,26H,6,9,14H2,1-3H3,(H,25,28)(H,27,31)(H,29,30)/t17-/m1/s1. The second-order valence-electron chi connectivity index (χ2n) is 7.86. The van der Waals surface area contributed by atoms with Crippen LogP contribution >= 0.6 is 11.3 Å². The summed E-state index contributed by atoms with van der Waals surface area (Å²) in [6.45, 7) is 0.187. The number of carbonyl (C=O) groups excluding carboxylic acids is 1. The first-order valence-corrected chi connectivity index (χ1v) is 13.6. The number of aromatic nitrogens is 1. The number of aliphatic carboxylic acids is 1. The lowest BCUT2D eigenvalue weighted by molar-refractivity contribution is -0.137. The molecule has 1 atom stereocenters. The Morgan fingerprint density at radius 1 is 1.05 bits per heavy atom. The second-order valence-corrected chi connectivity index (χ2v) is 10.4. The predicted molar refractivity (Wildman–Crippen MR) is 142 cm³/mol. The summed E-state index contributed by atoms with van der Waals surface area (Å²) in [5.41, 5.74) is 0.822. The molecule has 0 aliphatic heterocycles. The van der Waals surface area contributed by atoms with E-state index in [0.29, 0.717) is 22.9 Å². The molecule has 0 saturated carbocycles. The van der Waals surface area contributed by atoms with Gasteiger partial charge in [-0.3, -0.25) is 14.3 Å². The van der Waals surface area contributed by atoms with Crippen LogP contribution in [0.1, 0.15) is 23.2 Å². The van der Waals surface area contributed by atoms with Crippen molar-refractivity contribution in [3.63, 3.8) is 0 Å². The highest BCUT2D eigenvalue weighted by atomic mass is 32.2. The van der Waals surface area contributed by atoms with Crippen LogP contribution in [0.4, 0.5) is 10.8 Å². The topological polar surface area (TPSA) is 165 Å². The molecule has 2 aromatic carbocycles. The zero-order valence-corrected chi connectivity index (χ0v) is 22.5. The van der Waals surface area contributed by atoms with Crippen molar-refractivity contribution in [2.24, 2.45) is 0 Å². The van der Waals surface area contributed by atoms with Crippen molar-refractivity contribution in [2.75, 3.05) is 37.9 Å². The summed E-state index contributed by atoms with van der Waals surface area (Å²) in [5, 5.41) is 17.0. The monoisotopic (exact) mass is 564 g/mol. The van der Waals surface area contributed by atoms with Crippen LogP contribution in [0.15, 0.2) is 52.9 Å². The van der Waals surface area contributed by atoms with Crippen molar-refractivity contribution in [1.82, 2.24) is 10.3 Å². The van der Waals surface area contributed by atoms with Crippen molar-refractivity contribution in [1.29, 1.82) is 0 Å². The SMILES string of the molecule is COc1cc(C(=O)N[C@H](CCC(=O)O)CNc2ccc(S(=O)(=O)Nc3nccs3)cc2)cc(OC)c1OC. The summed E-state index contributed by atoms with van der Waals surface area (Å²) in [5.74, 6) is -0.522. The minimum Gasteiger partial charge on any atom is -0.493 e. The largest absolute Gasteiger partial charge is 0.493 e. The molecule has 0 saturated heterocycles. The molecule has 3 rings (SSSR count). The predicted octanol–water partition coefficient (Wildman–Crippen LogP) is 3.05. The molecule has 0 unspecified atom stereocenters. The lowest BCUT2D eigenvalue weighted by Gasteiger charge is -2.20. The van der Waals surface area contributed by atoms with E-state index < -0.39 is 27.9 Å². The zero-order valence-electron chi connectivity index (χ0n) is 20.9. The van der Waals surface area contributed by atoms with E-state index >= 15 is 0 Å². The molecule has 3 aromatic rings. The lowest BCUT2D eigenvalue weighted by atomic mass is 10.1. The van der Waals surface area contributed by atoms with Gasteiger partial charge in [0.15, 0.2) is 16.6 Å². The Bertz CT molecular complexity index is 1320. The maximum atomic E-state index is 13.0. The quantitative estimate of drug-likeness (QED) is 0.229. The molecule has 4 N–H and O–H groups in total. The van der Waals surface area contributed by atoms with Gasteiger partial charge in [0.05, 0.1) is 26.2 Å². The van der Waals surface area contributed by atoms with Crippen molar-refractivity contribution in [3.05, 3.63) is 53.5 Å². The van der Waals surface area contributed by atoms with E-state index in [4.69, 9.17) is 19.3 Å². The first-order chi connectivity index (χ1) is 18.2. The Kier molecular flexibility index (Phi) is 9.73. The number of amides is 1. The Morgan fingerprint density at radius 2 is 1.71 bits per heavy atom. The highest BCUT2D eigenvalue weighted by Crippen LogP contribution is 2.38. The van der Waals surface area contributed by atoms with Crippen molar-refractivity contribution >= 4 is 44.1 Å². The molecule has 1 aromatic heterocycles. The van der Waals surface area contributed by atoms with Crippen LogP contribution < -0.4 is 29.6 Å². The van der Waals surface area contributed by atoms with Crippen molar-refractivity contribution in [3.8, 4) is 17.2 Å². The minimum atomic E-state index is -3.79. The van der Waals surface area contributed by atoms with E-state index in [9.17, 15) is 18.0 Å². The second kappa shape index (κ2) is 13.0. The number of carboxylic acids is 1. The molecule has 12 nitrogen and oxygen atoms in total. The van der Waals surface area contributed by atoms with Crippen LogP contribution in [0.5, 0.6) is 17.2 Å². The van der Waals surface area contributed by atoms with Gasteiger partial charge >= 0.3 is 5.97 Å². The number of nitrogens with zero attached hydrogens (tertiary/aromatic N) is 1. The van der Waals surface area contributed by atoms with Gasteiger partial charge in [0.1, 0.15) is 0 Å². The van der Waals surface area contributed by atoms with Gasteiger partial charge in [-0.15, -0.1) is 11.3 Å². The molecule has 14 heteroatoms. The summed E-state index contributed by atoms with van der Waals surface area (Å²) in [7, 11) is 0.527. The average molecular weight is 565 g/mol.